The number of phenolic OH excluding ortho intramolecular Hbond substituents is 2. The number of carbonyl (C=O) groups is 1. The number of hydrogen-bond donors (Lipinski definition) is 2. The second-order valence-electron chi connectivity index (χ2n) is 4.72. The van der Waals surface area contributed by atoms with Crippen LogP contribution in [0.4, 0.5) is 0 Å². The van der Waals surface area contributed by atoms with E-state index in [1.165, 1.54) is 19.1 Å². The van der Waals surface area contributed by atoms with Gasteiger partial charge in [0.1, 0.15) is 17.3 Å². The summed E-state index contributed by atoms with van der Waals surface area (Å²) < 4.78 is 0. The minimum atomic E-state index is -1.07. The van der Waals surface area contributed by atoms with Crippen LogP contribution in [0, 0.1) is 0 Å². The summed E-state index contributed by atoms with van der Waals surface area (Å²) in [5, 5.41) is 20.0. The highest BCUT2D eigenvalue weighted by Crippen LogP contribution is 2.41. The smallest absolute Gasteiger partial charge is 0.144 e. The first-order valence-corrected chi connectivity index (χ1v) is 6.06. The van der Waals surface area contributed by atoms with E-state index in [4.69, 9.17) is 0 Å². The zero-order chi connectivity index (χ0) is 14.0. The van der Waals surface area contributed by atoms with Crippen molar-refractivity contribution in [1.29, 1.82) is 0 Å². The highest BCUT2D eigenvalue weighted by atomic mass is 16.3. The Morgan fingerprint density at radius 1 is 0.895 bits per heavy atom. The molecule has 3 nitrogen and oxygen atoms in total. The first-order valence-electron chi connectivity index (χ1n) is 6.06. The van der Waals surface area contributed by atoms with Gasteiger partial charge in [0.15, 0.2) is 0 Å². The zero-order valence-electron chi connectivity index (χ0n) is 10.9. The van der Waals surface area contributed by atoms with Crippen molar-refractivity contribution in [2.75, 3.05) is 0 Å². The Bertz CT molecular complexity index is 571. The first kappa shape index (κ1) is 13.1. The number of ketones is 1. The van der Waals surface area contributed by atoms with E-state index < -0.39 is 5.41 Å². The van der Waals surface area contributed by atoms with Crippen LogP contribution < -0.4 is 0 Å². The number of para-hydroxylation sites is 2. The van der Waals surface area contributed by atoms with E-state index in [0.717, 1.165) is 0 Å². The van der Waals surface area contributed by atoms with Gasteiger partial charge in [-0.05, 0) is 26.0 Å². The Balaban J connectivity index is 2.73. The Morgan fingerprint density at radius 2 is 1.26 bits per heavy atom. The largest absolute Gasteiger partial charge is 0.508 e. The molecule has 3 heteroatoms. The van der Waals surface area contributed by atoms with E-state index in [9.17, 15) is 15.0 Å². The van der Waals surface area contributed by atoms with Crippen molar-refractivity contribution >= 4 is 5.78 Å². The molecular formula is C16H16O3. The molecule has 0 saturated heterocycles. The third kappa shape index (κ3) is 2.08. The van der Waals surface area contributed by atoms with Gasteiger partial charge >= 0.3 is 0 Å². The van der Waals surface area contributed by atoms with Gasteiger partial charge in [-0.1, -0.05) is 36.4 Å². The Labute approximate surface area is 112 Å². The summed E-state index contributed by atoms with van der Waals surface area (Å²) >= 11 is 0. The number of Topliss-reactive ketones (excluding diaryl/α,β-unsaturated/α-hetero) is 1. The molecule has 0 atom stereocenters. The molecule has 2 aromatic rings. The number of rotatable bonds is 3. The number of aromatic hydroxyl groups is 2. The van der Waals surface area contributed by atoms with Crippen LogP contribution in [0.2, 0.25) is 0 Å². The van der Waals surface area contributed by atoms with Crippen molar-refractivity contribution < 1.29 is 15.0 Å². The van der Waals surface area contributed by atoms with E-state index in [-0.39, 0.29) is 17.3 Å². The maximum Gasteiger partial charge on any atom is 0.144 e. The zero-order valence-corrected chi connectivity index (χ0v) is 10.9. The average molecular weight is 256 g/mol. The maximum atomic E-state index is 12.1. The van der Waals surface area contributed by atoms with Crippen molar-refractivity contribution in [2.45, 2.75) is 19.3 Å². The predicted octanol–water partition coefficient (Wildman–Crippen LogP) is 2.99. The monoisotopic (exact) mass is 256 g/mol. The van der Waals surface area contributed by atoms with Crippen molar-refractivity contribution in [3.05, 3.63) is 59.7 Å². The van der Waals surface area contributed by atoms with Crippen LogP contribution >= 0.6 is 0 Å². The lowest BCUT2D eigenvalue weighted by molar-refractivity contribution is -0.120. The van der Waals surface area contributed by atoms with Crippen LogP contribution in [0.15, 0.2) is 48.5 Å². The minimum absolute atomic E-state index is 0.0449. The van der Waals surface area contributed by atoms with Gasteiger partial charge in [-0.15, -0.1) is 0 Å². The molecule has 19 heavy (non-hydrogen) atoms. The summed E-state index contributed by atoms with van der Waals surface area (Å²) in [6, 6.07) is 13.4. The number of carbonyl (C=O) groups excluding carboxylic acids is 1. The fourth-order valence-corrected chi connectivity index (χ4v) is 2.32. The van der Waals surface area contributed by atoms with Gasteiger partial charge in [0.25, 0.3) is 0 Å². The van der Waals surface area contributed by atoms with Gasteiger partial charge in [0.05, 0.1) is 5.41 Å². The van der Waals surface area contributed by atoms with Crippen LogP contribution in [0.25, 0.3) is 0 Å². The molecule has 0 saturated carbocycles. The maximum absolute atomic E-state index is 12.1. The summed E-state index contributed by atoms with van der Waals surface area (Å²) in [6.07, 6.45) is 0. The molecule has 0 aliphatic carbocycles. The lowest BCUT2D eigenvalue weighted by atomic mass is 9.72. The third-order valence-corrected chi connectivity index (χ3v) is 3.59. The number of phenols is 2. The second-order valence-corrected chi connectivity index (χ2v) is 4.72. The van der Waals surface area contributed by atoms with Gasteiger partial charge in [-0.2, -0.15) is 0 Å². The summed E-state index contributed by atoms with van der Waals surface area (Å²) in [7, 11) is 0. The van der Waals surface area contributed by atoms with Gasteiger partial charge in [0, 0.05) is 11.1 Å². The number of benzene rings is 2. The minimum Gasteiger partial charge on any atom is -0.508 e. The lowest BCUT2D eigenvalue weighted by Gasteiger charge is -2.29. The molecule has 0 heterocycles. The molecule has 0 unspecified atom stereocenters. The molecule has 0 aliphatic rings. The fourth-order valence-electron chi connectivity index (χ4n) is 2.32. The van der Waals surface area contributed by atoms with Crippen LogP contribution in [0.3, 0.4) is 0 Å². The Morgan fingerprint density at radius 3 is 1.58 bits per heavy atom. The fraction of sp³-hybridized carbons (Fsp3) is 0.188. The summed E-state index contributed by atoms with van der Waals surface area (Å²) in [6.45, 7) is 3.16. The quantitative estimate of drug-likeness (QED) is 0.887. The van der Waals surface area contributed by atoms with Crippen molar-refractivity contribution in [3.8, 4) is 11.5 Å². The highest BCUT2D eigenvalue weighted by Gasteiger charge is 2.38. The molecule has 0 bridgehead atoms. The molecular weight excluding hydrogens is 240 g/mol. The normalized spacial score (nSPS) is 11.3. The van der Waals surface area contributed by atoms with E-state index >= 15 is 0 Å². The SMILES string of the molecule is CC(=O)C(C)(c1ccccc1O)c1ccccc1O. The van der Waals surface area contributed by atoms with Gasteiger partial charge in [-0.3, -0.25) is 4.79 Å². The molecule has 0 aliphatic heterocycles. The van der Waals surface area contributed by atoms with E-state index in [1.54, 1.807) is 43.3 Å². The molecule has 0 aromatic heterocycles. The second kappa shape index (κ2) is 4.76. The Kier molecular flexibility index (Phi) is 3.30. The van der Waals surface area contributed by atoms with Crippen molar-refractivity contribution in [2.24, 2.45) is 0 Å². The van der Waals surface area contributed by atoms with Crippen molar-refractivity contribution in [3.63, 3.8) is 0 Å². The van der Waals surface area contributed by atoms with E-state index in [0.29, 0.717) is 11.1 Å². The molecule has 0 amide bonds. The molecule has 2 rings (SSSR count). The molecule has 0 fully saturated rings. The summed E-state index contributed by atoms with van der Waals surface area (Å²) in [5.74, 6) is -0.0533. The molecule has 0 spiro atoms. The molecule has 2 N–H and O–H groups in total. The van der Waals surface area contributed by atoms with Crippen LogP contribution in [-0.2, 0) is 10.2 Å². The topological polar surface area (TPSA) is 57.5 Å². The van der Waals surface area contributed by atoms with Gasteiger partial charge in [-0.25, -0.2) is 0 Å². The average Bonchev–Trinajstić information content (AvgIpc) is 2.38. The van der Waals surface area contributed by atoms with Crippen LogP contribution in [-0.4, -0.2) is 16.0 Å². The summed E-state index contributed by atoms with van der Waals surface area (Å²) in [4.78, 5) is 12.1. The molecule has 2 aromatic carbocycles. The third-order valence-electron chi connectivity index (χ3n) is 3.59. The van der Waals surface area contributed by atoms with E-state index in [2.05, 4.69) is 0 Å². The van der Waals surface area contributed by atoms with Gasteiger partial charge in [0.2, 0.25) is 0 Å². The van der Waals surface area contributed by atoms with Gasteiger partial charge < -0.3 is 10.2 Å². The standard InChI is InChI=1S/C16H16O3/c1-11(17)16(2,12-7-3-5-9-14(12)18)13-8-4-6-10-15(13)19/h3-10,18-19H,1-2H3. The molecule has 98 valence electrons. The predicted molar refractivity (Wildman–Crippen MR) is 73.3 cm³/mol. The van der Waals surface area contributed by atoms with Crippen LogP contribution in [0.1, 0.15) is 25.0 Å². The molecule has 0 radical (unpaired) electrons. The summed E-state index contributed by atoms with van der Waals surface area (Å²) in [5.41, 5.74) is -0.0931. The van der Waals surface area contributed by atoms with E-state index in [1.807, 2.05) is 0 Å². The highest BCUT2D eigenvalue weighted by molar-refractivity contribution is 5.93. The lowest BCUT2D eigenvalue weighted by Crippen LogP contribution is -2.32. The van der Waals surface area contributed by atoms with Crippen molar-refractivity contribution in [1.82, 2.24) is 0 Å². The number of hydrogen-bond acceptors (Lipinski definition) is 3. The first-order chi connectivity index (χ1) is 8.98. The Hall–Kier alpha value is -2.29. The van der Waals surface area contributed by atoms with Crippen LogP contribution in [0.5, 0.6) is 11.5 Å².